The fourth-order valence-corrected chi connectivity index (χ4v) is 3.60. The van der Waals surface area contributed by atoms with Gasteiger partial charge in [0.1, 0.15) is 6.04 Å². The highest BCUT2D eigenvalue weighted by Gasteiger charge is 2.30. The number of amides is 1. The third kappa shape index (κ3) is 4.20. The second-order valence-corrected chi connectivity index (χ2v) is 6.58. The van der Waals surface area contributed by atoms with Gasteiger partial charge in [0, 0.05) is 31.5 Å². The maximum absolute atomic E-state index is 12.2. The molecule has 0 unspecified atom stereocenters. The van der Waals surface area contributed by atoms with E-state index in [2.05, 4.69) is 26.7 Å². The summed E-state index contributed by atoms with van der Waals surface area (Å²) in [6.07, 6.45) is 8.46. The van der Waals surface area contributed by atoms with E-state index in [0.717, 1.165) is 38.6 Å². The zero-order chi connectivity index (χ0) is 16.8. The predicted octanol–water partition coefficient (Wildman–Crippen LogP) is 1.16. The van der Waals surface area contributed by atoms with Gasteiger partial charge in [-0.05, 0) is 44.1 Å². The summed E-state index contributed by atoms with van der Waals surface area (Å²) in [4.78, 5) is 22.3. The standard InChI is InChI=1S/C17H24N6O/c18-10-15-3-1-8-23(15)16(24)12-21-14-5-4-13(9-14)11-22-17-19-6-2-7-20-17/h2,6-7,13-15,21H,1,3-5,8-9,11-12H2,(H,19,20,22)/t13-,14+,15+/m1/s1. The molecular weight excluding hydrogens is 304 g/mol. The molecule has 24 heavy (non-hydrogen) atoms. The van der Waals surface area contributed by atoms with Crippen LogP contribution in [0.2, 0.25) is 0 Å². The first-order chi connectivity index (χ1) is 11.8. The van der Waals surface area contributed by atoms with Gasteiger partial charge in [0.25, 0.3) is 0 Å². The Morgan fingerprint density at radius 1 is 1.33 bits per heavy atom. The first kappa shape index (κ1) is 16.7. The molecule has 1 aliphatic heterocycles. The summed E-state index contributed by atoms with van der Waals surface area (Å²) in [7, 11) is 0. The molecule has 0 radical (unpaired) electrons. The van der Waals surface area contributed by atoms with Crippen LogP contribution < -0.4 is 10.6 Å². The van der Waals surface area contributed by atoms with Gasteiger partial charge in [0.05, 0.1) is 12.6 Å². The van der Waals surface area contributed by atoms with Crippen molar-refractivity contribution >= 4 is 11.9 Å². The third-order valence-electron chi connectivity index (χ3n) is 4.92. The van der Waals surface area contributed by atoms with Crippen molar-refractivity contribution in [3.05, 3.63) is 18.5 Å². The van der Waals surface area contributed by atoms with E-state index in [9.17, 15) is 4.79 Å². The van der Waals surface area contributed by atoms with Crippen molar-refractivity contribution in [3.8, 4) is 6.07 Å². The third-order valence-corrected chi connectivity index (χ3v) is 4.92. The van der Waals surface area contributed by atoms with Crippen molar-refractivity contribution < 1.29 is 4.79 Å². The highest BCUT2D eigenvalue weighted by atomic mass is 16.2. The lowest BCUT2D eigenvalue weighted by Crippen LogP contribution is -2.43. The van der Waals surface area contributed by atoms with E-state index < -0.39 is 0 Å². The molecule has 2 fully saturated rings. The average Bonchev–Trinajstić information content (AvgIpc) is 3.28. The van der Waals surface area contributed by atoms with Gasteiger partial charge in [-0.2, -0.15) is 5.26 Å². The van der Waals surface area contributed by atoms with E-state index in [0.29, 0.717) is 31.0 Å². The van der Waals surface area contributed by atoms with Crippen molar-refractivity contribution in [2.45, 2.75) is 44.2 Å². The van der Waals surface area contributed by atoms with Gasteiger partial charge in [-0.15, -0.1) is 0 Å². The molecule has 128 valence electrons. The molecular formula is C17H24N6O. The lowest BCUT2D eigenvalue weighted by atomic mass is 10.1. The predicted molar refractivity (Wildman–Crippen MR) is 90.0 cm³/mol. The number of hydrogen-bond donors (Lipinski definition) is 2. The van der Waals surface area contributed by atoms with Gasteiger partial charge in [0.15, 0.2) is 0 Å². The molecule has 7 nitrogen and oxygen atoms in total. The number of nitriles is 1. The Morgan fingerprint density at radius 2 is 2.17 bits per heavy atom. The Labute approximate surface area is 142 Å². The van der Waals surface area contributed by atoms with Crippen molar-refractivity contribution in [2.75, 3.05) is 25.0 Å². The van der Waals surface area contributed by atoms with E-state index in [-0.39, 0.29) is 11.9 Å². The summed E-state index contributed by atoms with van der Waals surface area (Å²) < 4.78 is 0. The van der Waals surface area contributed by atoms with E-state index in [1.807, 2.05) is 0 Å². The average molecular weight is 328 g/mol. The Balaban J connectivity index is 1.37. The first-order valence-electron chi connectivity index (χ1n) is 8.69. The molecule has 0 spiro atoms. The van der Waals surface area contributed by atoms with Crippen LogP contribution in [0.3, 0.4) is 0 Å². The molecule has 0 bridgehead atoms. The molecule has 1 saturated carbocycles. The zero-order valence-corrected chi connectivity index (χ0v) is 13.8. The molecule has 2 heterocycles. The molecule has 1 amide bonds. The highest BCUT2D eigenvalue weighted by Crippen LogP contribution is 2.25. The van der Waals surface area contributed by atoms with Gasteiger partial charge in [-0.3, -0.25) is 4.79 Å². The van der Waals surface area contributed by atoms with Crippen LogP contribution in [-0.2, 0) is 4.79 Å². The van der Waals surface area contributed by atoms with Crippen LogP contribution >= 0.6 is 0 Å². The van der Waals surface area contributed by atoms with Gasteiger partial charge >= 0.3 is 0 Å². The van der Waals surface area contributed by atoms with Crippen LogP contribution in [0.5, 0.6) is 0 Å². The number of anilines is 1. The summed E-state index contributed by atoms with van der Waals surface area (Å²) in [5.74, 6) is 1.29. The van der Waals surface area contributed by atoms with Crippen LogP contribution in [-0.4, -0.2) is 52.5 Å². The van der Waals surface area contributed by atoms with E-state index in [1.54, 1.807) is 23.4 Å². The van der Waals surface area contributed by atoms with E-state index in [1.165, 1.54) is 0 Å². The smallest absolute Gasteiger partial charge is 0.237 e. The number of nitrogens with one attached hydrogen (secondary N) is 2. The highest BCUT2D eigenvalue weighted by molar-refractivity contribution is 5.79. The minimum atomic E-state index is -0.231. The number of nitrogens with zero attached hydrogens (tertiary/aromatic N) is 4. The molecule has 1 saturated heterocycles. The summed E-state index contributed by atoms with van der Waals surface area (Å²) in [5, 5.41) is 15.7. The summed E-state index contributed by atoms with van der Waals surface area (Å²) >= 11 is 0. The van der Waals surface area contributed by atoms with Crippen molar-refractivity contribution in [1.82, 2.24) is 20.2 Å². The Hall–Kier alpha value is -2.20. The molecule has 3 rings (SSSR count). The number of carbonyl (C=O) groups excluding carboxylic acids is 1. The largest absolute Gasteiger partial charge is 0.354 e. The van der Waals surface area contributed by atoms with Gasteiger partial charge in [-0.1, -0.05) is 0 Å². The van der Waals surface area contributed by atoms with Crippen LogP contribution in [0.1, 0.15) is 32.1 Å². The quantitative estimate of drug-likeness (QED) is 0.814. The van der Waals surface area contributed by atoms with Crippen LogP contribution in [0.4, 0.5) is 5.95 Å². The van der Waals surface area contributed by atoms with Gasteiger partial charge in [0.2, 0.25) is 11.9 Å². The SMILES string of the molecule is N#C[C@@H]1CCCN1C(=O)CN[C@H]1CC[C@@H](CNc2ncccn2)C1. The monoisotopic (exact) mass is 328 g/mol. The fourth-order valence-electron chi connectivity index (χ4n) is 3.60. The number of hydrogen-bond acceptors (Lipinski definition) is 6. The second kappa shape index (κ2) is 8.06. The van der Waals surface area contributed by atoms with E-state index in [4.69, 9.17) is 5.26 Å². The number of carbonyl (C=O) groups is 1. The Kier molecular flexibility index (Phi) is 5.59. The van der Waals surface area contributed by atoms with Crippen molar-refractivity contribution in [2.24, 2.45) is 5.92 Å². The number of likely N-dealkylation sites (tertiary alicyclic amines) is 1. The topological polar surface area (TPSA) is 93.9 Å². The van der Waals surface area contributed by atoms with Crippen LogP contribution in [0.15, 0.2) is 18.5 Å². The number of rotatable bonds is 6. The minimum absolute atomic E-state index is 0.0540. The van der Waals surface area contributed by atoms with Crippen molar-refractivity contribution in [1.29, 1.82) is 5.26 Å². The molecule has 1 aromatic heterocycles. The van der Waals surface area contributed by atoms with Gasteiger partial charge in [-0.25, -0.2) is 9.97 Å². The maximum Gasteiger partial charge on any atom is 0.237 e. The van der Waals surface area contributed by atoms with Crippen LogP contribution in [0.25, 0.3) is 0 Å². The molecule has 1 aromatic rings. The first-order valence-corrected chi connectivity index (χ1v) is 8.69. The number of aromatic nitrogens is 2. The molecule has 1 aliphatic carbocycles. The lowest BCUT2D eigenvalue weighted by Gasteiger charge is -2.21. The van der Waals surface area contributed by atoms with Crippen molar-refractivity contribution in [3.63, 3.8) is 0 Å². The fraction of sp³-hybridized carbons (Fsp3) is 0.647. The zero-order valence-electron chi connectivity index (χ0n) is 13.8. The molecule has 2 aliphatic rings. The molecule has 3 atom stereocenters. The summed E-state index contributed by atoms with van der Waals surface area (Å²) in [6, 6.07) is 4.16. The Morgan fingerprint density at radius 3 is 2.96 bits per heavy atom. The summed E-state index contributed by atoms with van der Waals surface area (Å²) in [5.41, 5.74) is 0. The minimum Gasteiger partial charge on any atom is -0.354 e. The van der Waals surface area contributed by atoms with Gasteiger partial charge < -0.3 is 15.5 Å². The summed E-state index contributed by atoms with van der Waals surface area (Å²) in [6.45, 7) is 1.91. The normalized spacial score (nSPS) is 26.3. The Bertz CT molecular complexity index is 586. The molecule has 2 N–H and O–H groups in total. The molecule has 7 heteroatoms. The van der Waals surface area contributed by atoms with E-state index >= 15 is 0 Å². The second-order valence-electron chi connectivity index (χ2n) is 6.58. The van der Waals surface area contributed by atoms with Crippen LogP contribution in [0, 0.1) is 17.2 Å². The maximum atomic E-state index is 12.2. The molecule has 0 aromatic carbocycles. The lowest BCUT2D eigenvalue weighted by molar-refractivity contribution is -0.130.